The van der Waals surface area contributed by atoms with Crippen LogP contribution in [0, 0.1) is 11.3 Å². The standard InChI is InChI=1S/C17H27BrN2/c1-5-19-11-13-6-7-15(10-16(13)18)20-9-8-14(12-20)17(2,3)4/h6-7,10,14,19H,5,8-9,11-12H2,1-4H3. The van der Waals surface area contributed by atoms with Gasteiger partial charge in [0, 0.05) is 29.8 Å². The Bertz CT molecular complexity index is 451. The minimum absolute atomic E-state index is 0.414. The summed E-state index contributed by atoms with van der Waals surface area (Å²) in [5, 5.41) is 3.38. The first kappa shape index (κ1) is 15.8. The topological polar surface area (TPSA) is 15.3 Å². The molecule has 0 aromatic heterocycles. The molecule has 1 unspecified atom stereocenters. The average Bonchev–Trinajstić information content (AvgIpc) is 2.86. The fourth-order valence-electron chi connectivity index (χ4n) is 2.84. The highest BCUT2D eigenvalue weighted by molar-refractivity contribution is 9.10. The quantitative estimate of drug-likeness (QED) is 0.873. The highest BCUT2D eigenvalue weighted by Gasteiger charge is 2.31. The van der Waals surface area contributed by atoms with Crippen molar-refractivity contribution in [3.8, 4) is 0 Å². The molecule has 0 amide bonds. The molecule has 1 N–H and O–H groups in total. The first-order valence-electron chi connectivity index (χ1n) is 7.66. The van der Waals surface area contributed by atoms with Crippen LogP contribution in [0.2, 0.25) is 0 Å². The van der Waals surface area contributed by atoms with E-state index in [1.807, 2.05) is 0 Å². The summed E-state index contributed by atoms with van der Waals surface area (Å²) in [5.74, 6) is 0.794. The minimum Gasteiger partial charge on any atom is -0.371 e. The molecule has 2 nitrogen and oxygen atoms in total. The van der Waals surface area contributed by atoms with Crippen LogP contribution in [0.3, 0.4) is 0 Å². The van der Waals surface area contributed by atoms with Crippen LogP contribution in [0.4, 0.5) is 5.69 Å². The molecule has 0 radical (unpaired) electrons. The third-order valence-electron chi connectivity index (χ3n) is 4.38. The molecule has 1 fully saturated rings. The molecule has 0 spiro atoms. The lowest BCUT2D eigenvalue weighted by molar-refractivity contribution is 0.263. The van der Waals surface area contributed by atoms with Crippen molar-refractivity contribution in [3.05, 3.63) is 28.2 Å². The molecule has 1 aromatic rings. The van der Waals surface area contributed by atoms with E-state index in [4.69, 9.17) is 0 Å². The summed E-state index contributed by atoms with van der Waals surface area (Å²) < 4.78 is 1.22. The number of hydrogen-bond acceptors (Lipinski definition) is 2. The SMILES string of the molecule is CCNCc1ccc(N2CCC(C(C)(C)C)C2)cc1Br. The number of nitrogens with one attached hydrogen (secondary N) is 1. The van der Waals surface area contributed by atoms with Crippen LogP contribution in [-0.2, 0) is 6.54 Å². The third-order valence-corrected chi connectivity index (χ3v) is 5.12. The fraction of sp³-hybridized carbons (Fsp3) is 0.647. The lowest BCUT2D eigenvalue weighted by atomic mass is 9.80. The third kappa shape index (κ3) is 3.76. The second kappa shape index (κ2) is 6.48. The summed E-state index contributed by atoms with van der Waals surface area (Å²) >= 11 is 3.71. The molecule has 1 heterocycles. The molecule has 1 atom stereocenters. The maximum atomic E-state index is 3.71. The van der Waals surface area contributed by atoms with Gasteiger partial charge < -0.3 is 10.2 Å². The summed E-state index contributed by atoms with van der Waals surface area (Å²) in [6, 6.07) is 6.78. The Balaban J connectivity index is 2.05. The molecule has 1 aliphatic heterocycles. The van der Waals surface area contributed by atoms with E-state index in [2.05, 4.69) is 72.0 Å². The van der Waals surface area contributed by atoms with Crippen LogP contribution in [0.5, 0.6) is 0 Å². The van der Waals surface area contributed by atoms with Crippen LogP contribution in [-0.4, -0.2) is 19.6 Å². The van der Waals surface area contributed by atoms with Gasteiger partial charge in [-0.2, -0.15) is 0 Å². The summed E-state index contributed by atoms with van der Waals surface area (Å²) in [5.41, 5.74) is 3.10. The van der Waals surface area contributed by atoms with Gasteiger partial charge in [-0.3, -0.25) is 0 Å². The molecule has 0 saturated carbocycles. The molecule has 1 aromatic carbocycles. The van der Waals surface area contributed by atoms with Gasteiger partial charge in [0.05, 0.1) is 0 Å². The van der Waals surface area contributed by atoms with E-state index < -0.39 is 0 Å². The van der Waals surface area contributed by atoms with E-state index in [0.717, 1.165) is 19.0 Å². The molecule has 1 aliphatic rings. The molecular weight excluding hydrogens is 312 g/mol. The fourth-order valence-corrected chi connectivity index (χ4v) is 3.34. The van der Waals surface area contributed by atoms with Crippen molar-refractivity contribution < 1.29 is 0 Å². The molecule has 1 saturated heterocycles. The van der Waals surface area contributed by atoms with Crippen molar-refractivity contribution in [1.82, 2.24) is 5.32 Å². The van der Waals surface area contributed by atoms with E-state index in [0.29, 0.717) is 5.41 Å². The van der Waals surface area contributed by atoms with Crippen molar-refractivity contribution in [2.45, 2.75) is 40.7 Å². The first-order chi connectivity index (χ1) is 9.41. The van der Waals surface area contributed by atoms with Crippen LogP contribution in [0.15, 0.2) is 22.7 Å². The Morgan fingerprint density at radius 1 is 1.35 bits per heavy atom. The number of nitrogens with zero attached hydrogens (tertiary/aromatic N) is 1. The van der Waals surface area contributed by atoms with Crippen molar-refractivity contribution in [1.29, 1.82) is 0 Å². The molecule has 112 valence electrons. The van der Waals surface area contributed by atoms with Crippen LogP contribution in [0.1, 0.15) is 39.7 Å². The Hall–Kier alpha value is -0.540. The smallest absolute Gasteiger partial charge is 0.0377 e. The zero-order chi connectivity index (χ0) is 14.8. The van der Waals surface area contributed by atoms with Crippen LogP contribution in [0.25, 0.3) is 0 Å². The predicted octanol–water partition coefficient (Wildman–Crippen LogP) is 4.43. The van der Waals surface area contributed by atoms with Gasteiger partial charge in [-0.15, -0.1) is 0 Å². The van der Waals surface area contributed by atoms with Crippen molar-refractivity contribution in [2.24, 2.45) is 11.3 Å². The molecule has 0 bridgehead atoms. The summed E-state index contributed by atoms with van der Waals surface area (Å²) in [6.45, 7) is 13.5. The molecule has 0 aliphatic carbocycles. The minimum atomic E-state index is 0.414. The average molecular weight is 339 g/mol. The second-order valence-corrected chi connectivity index (χ2v) is 7.71. The van der Waals surface area contributed by atoms with E-state index in [1.165, 1.54) is 35.2 Å². The maximum Gasteiger partial charge on any atom is 0.0377 e. The number of halogens is 1. The molecule has 2 rings (SSSR count). The highest BCUT2D eigenvalue weighted by atomic mass is 79.9. The van der Waals surface area contributed by atoms with Crippen molar-refractivity contribution >= 4 is 21.6 Å². The Labute approximate surface area is 132 Å². The lowest BCUT2D eigenvalue weighted by Gasteiger charge is -2.27. The summed E-state index contributed by atoms with van der Waals surface area (Å²) in [4.78, 5) is 2.53. The van der Waals surface area contributed by atoms with Crippen molar-refractivity contribution in [2.75, 3.05) is 24.5 Å². The largest absolute Gasteiger partial charge is 0.371 e. The second-order valence-electron chi connectivity index (χ2n) is 6.85. The van der Waals surface area contributed by atoms with Crippen LogP contribution < -0.4 is 10.2 Å². The van der Waals surface area contributed by atoms with Gasteiger partial charge in [-0.25, -0.2) is 0 Å². The monoisotopic (exact) mass is 338 g/mol. The molecule has 3 heteroatoms. The van der Waals surface area contributed by atoms with Gasteiger partial charge in [-0.1, -0.05) is 49.7 Å². The van der Waals surface area contributed by atoms with Gasteiger partial charge in [0.25, 0.3) is 0 Å². The zero-order valence-corrected chi connectivity index (χ0v) is 14.8. The van der Waals surface area contributed by atoms with E-state index in [9.17, 15) is 0 Å². The van der Waals surface area contributed by atoms with Gasteiger partial charge in [-0.05, 0) is 42.0 Å². The summed E-state index contributed by atoms with van der Waals surface area (Å²) in [7, 11) is 0. The Morgan fingerprint density at radius 3 is 2.65 bits per heavy atom. The normalized spacial score (nSPS) is 19.6. The first-order valence-corrected chi connectivity index (χ1v) is 8.45. The van der Waals surface area contributed by atoms with Gasteiger partial charge in [0.1, 0.15) is 0 Å². The van der Waals surface area contributed by atoms with Crippen LogP contribution >= 0.6 is 15.9 Å². The van der Waals surface area contributed by atoms with Gasteiger partial charge in [0.15, 0.2) is 0 Å². The predicted molar refractivity (Wildman–Crippen MR) is 91.3 cm³/mol. The maximum absolute atomic E-state index is 3.71. The Morgan fingerprint density at radius 2 is 2.10 bits per heavy atom. The van der Waals surface area contributed by atoms with E-state index >= 15 is 0 Å². The number of anilines is 1. The van der Waals surface area contributed by atoms with Gasteiger partial charge >= 0.3 is 0 Å². The Kier molecular flexibility index (Phi) is 5.14. The number of rotatable bonds is 4. The summed E-state index contributed by atoms with van der Waals surface area (Å²) in [6.07, 6.45) is 1.31. The highest BCUT2D eigenvalue weighted by Crippen LogP contribution is 2.36. The van der Waals surface area contributed by atoms with E-state index in [1.54, 1.807) is 0 Å². The van der Waals surface area contributed by atoms with Crippen molar-refractivity contribution in [3.63, 3.8) is 0 Å². The molecule has 20 heavy (non-hydrogen) atoms. The van der Waals surface area contributed by atoms with Gasteiger partial charge in [0.2, 0.25) is 0 Å². The number of hydrogen-bond donors (Lipinski definition) is 1. The lowest BCUT2D eigenvalue weighted by Crippen LogP contribution is -2.25. The molecular formula is C17H27BrN2. The van der Waals surface area contributed by atoms with E-state index in [-0.39, 0.29) is 0 Å². The number of benzene rings is 1. The zero-order valence-electron chi connectivity index (χ0n) is 13.2.